The Morgan fingerprint density at radius 1 is 1.17 bits per heavy atom. The van der Waals surface area contributed by atoms with Crippen molar-refractivity contribution < 1.29 is 4.79 Å². The molecule has 1 heteroatoms. The molecule has 0 aliphatic heterocycles. The number of benzene rings is 1. The molecule has 1 aromatic rings. The Kier molecular flexibility index (Phi) is 7.22. The van der Waals surface area contributed by atoms with Gasteiger partial charge >= 0.3 is 0 Å². The maximum atomic E-state index is 10.6. The summed E-state index contributed by atoms with van der Waals surface area (Å²) in [6.45, 7) is 2.17. The molecule has 0 aromatic heterocycles. The monoisotopic (exact) mass is 240 g/mol. The molecule has 0 saturated heterocycles. The Balaban J connectivity index is 2.64. The molecule has 0 radical (unpaired) electrons. The molecule has 0 bridgehead atoms. The van der Waals surface area contributed by atoms with Crippen molar-refractivity contribution >= 4 is 12.4 Å². The van der Waals surface area contributed by atoms with E-state index in [4.69, 9.17) is 0 Å². The molecule has 0 heterocycles. The van der Waals surface area contributed by atoms with Crippen LogP contribution >= 0.6 is 0 Å². The van der Waals surface area contributed by atoms with E-state index in [-0.39, 0.29) is 0 Å². The van der Waals surface area contributed by atoms with Crippen LogP contribution in [-0.2, 0) is 4.79 Å². The van der Waals surface area contributed by atoms with Crippen molar-refractivity contribution in [1.82, 2.24) is 0 Å². The number of allylic oxidation sites excluding steroid dienone is 5. The molecule has 0 amide bonds. The van der Waals surface area contributed by atoms with Gasteiger partial charge in [0.05, 0.1) is 0 Å². The second-order valence-corrected chi connectivity index (χ2v) is 4.09. The molecule has 0 spiro atoms. The molecular weight excluding hydrogens is 220 g/mol. The van der Waals surface area contributed by atoms with Crippen LogP contribution in [0, 0.1) is 0 Å². The Labute approximate surface area is 110 Å². The van der Waals surface area contributed by atoms with Crippen LogP contribution in [0.2, 0.25) is 0 Å². The average Bonchev–Trinajstić information content (AvgIpc) is 2.42. The molecule has 0 saturated carbocycles. The van der Waals surface area contributed by atoms with E-state index in [9.17, 15) is 4.79 Å². The Hall–Kier alpha value is -1.89. The zero-order chi connectivity index (χ0) is 13.1. The fourth-order valence-electron chi connectivity index (χ4n) is 1.54. The summed E-state index contributed by atoms with van der Waals surface area (Å²) in [7, 11) is 0. The normalized spacial score (nSPS) is 12.4. The standard InChI is InChI=1S/C17H20O/c1-2-3-4-6-11-17(14-15-18)13-12-16-9-7-5-8-10-16/h5-15H,2-4H2,1H3/b11-6+,13-12+,17-14+. The lowest BCUT2D eigenvalue weighted by atomic mass is 10.1. The molecule has 0 aliphatic rings. The predicted octanol–water partition coefficient (Wildman–Crippen LogP) is 4.57. The molecule has 0 atom stereocenters. The molecule has 1 aromatic carbocycles. The third kappa shape index (κ3) is 6.00. The minimum Gasteiger partial charge on any atom is -0.299 e. The molecule has 94 valence electrons. The van der Waals surface area contributed by atoms with Gasteiger partial charge in [-0.2, -0.15) is 0 Å². The van der Waals surface area contributed by atoms with Gasteiger partial charge in [-0.25, -0.2) is 0 Å². The van der Waals surface area contributed by atoms with Crippen molar-refractivity contribution in [1.29, 1.82) is 0 Å². The summed E-state index contributed by atoms with van der Waals surface area (Å²) in [5, 5.41) is 0. The van der Waals surface area contributed by atoms with Crippen molar-refractivity contribution in [2.24, 2.45) is 0 Å². The lowest BCUT2D eigenvalue weighted by Gasteiger charge is -1.94. The molecule has 18 heavy (non-hydrogen) atoms. The molecular formula is C17H20O. The number of carbonyl (C=O) groups is 1. The van der Waals surface area contributed by atoms with Crippen LogP contribution in [0.3, 0.4) is 0 Å². The van der Waals surface area contributed by atoms with Gasteiger partial charge < -0.3 is 0 Å². The van der Waals surface area contributed by atoms with E-state index < -0.39 is 0 Å². The van der Waals surface area contributed by atoms with E-state index in [1.165, 1.54) is 12.8 Å². The fraction of sp³-hybridized carbons (Fsp3) is 0.235. The van der Waals surface area contributed by atoms with E-state index in [1.54, 1.807) is 6.08 Å². The summed E-state index contributed by atoms with van der Waals surface area (Å²) >= 11 is 0. The number of unbranched alkanes of at least 4 members (excludes halogenated alkanes) is 2. The van der Waals surface area contributed by atoms with Crippen LogP contribution in [0.25, 0.3) is 6.08 Å². The van der Waals surface area contributed by atoms with Crippen molar-refractivity contribution in [2.45, 2.75) is 26.2 Å². The maximum absolute atomic E-state index is 10.6. The first kappa shape index (κ1) is 14.2. The predicted molar refractivity (Wildman–Crippen MR) is 78.3 cm³/mol. The molecule has 0 fully saturated rings. The number of hydrogen-bond acceptors (Lipinski definition) is 1. The average molecular weight is 240 g/mol. The highest BCUT2D eigenvalue weighted by Crippen LogP contribution is 2.07. The van der Waals surface area contributed by atoms with Gasteiger partial charge in [0.15, 0.2) is 0 Å². The Morgan fingerprint density at radius 2 is 1.94 bits per heavy atom. The van der Waals surface area contributed by atoms with Gasteiger partial charge in [-0.1, -0.05) is 74.4 Å². The van der Waals surface area contributed by atoms with Gasteiger partial charge in [-0.05, 0) is 23.6 Å². The smallest absolute Gasteiger partial charge is 0.143 e. The summed E-state index contributed by atoms with van der Waals surface area (Å²) in [5.41, 5.74) is 2.07. The summed E-state index contributed by atoms with van der Waals surface area (Å²) in [4.78, 5) is 10.6. The largest absolute Gasteiger partial charge is 0.299 e. The molecule has 1 rings (SSSR count). The molecule has 0 unspecified atom stereocenters. The van der Waals surface area contributed by atoms with Crippen molar-refractivity contribution in [3.63, 3.8) is 0 Å². The van der Waals surface area contributed by atoms with Crippen LogP contribution in [0.4, 0.5) is 0 Å². The third-order valence-corrected chi connectivity index (χ3v) is 2.56. The van der Waals surface area contributed by atoms with Crippen LogP contribution in [0.1, 0.15) is 31.7 Å². The highest BCUT2D eigenvalue weighted by Gasteiger charge is 1.87. The van der Waals surface area contributed by atoms with Gasteiger partial charge in [0.2, 0.25) is 0 Å². The van der Waals surface area contributed by atoms with Crippen molar-refractivity contribution in [2.75, 3.05) is 0 Å². The van der Waals surface area contributed by atoms with Gasteiger partial charge in [-0.15, -0.1) is 0 Å². The van der Waals surface area contributed by atoms with Crippen molar-refractivity contribution in [3.8, 4) is 0 Å². The molecule has 0 aliphatic carbocycles. The van der Waals surface area contributed by atoms with Gasteiger partial charge in [0.1, 0.15) is 6.29 Å². The Bertz CT molecular complexity index is 424. The van der Waals surface area contributed by atoms with E-state index in [2.05, 4.69) is 13.0 Å². The number of rotatable bonds is 7. The summed E-state index contributed by atoms with van der Waals surface area (Å²) in [6.07, 6.45) is 14.0. The third-order valence-electron chi connectivity index (χ3n) is 2.56. The first-order chi connectivity index (χ1) is 8.86. The van der Waals surface area contributed by atoms with Crippen LogP contribution in [0.5, 0.6) is 0 Å². The Morgan fingerprint density at radius 3 is 2.61 bits per heavy atom. The fourth-order valence-corrected chi connectivity index (χ4v) is 1.54. The number of carbonyl (C=O) groups excluding carboxylic acids is 1. The van der Waals surface area contributed by atoms with Gasteiger partial charge in [0, 0.05) is 0 Å². The highest BCUT2D eigenvalue weighted by molar-refractivity contribution is 5.70. The van der Waals surface area contributed by atoms with Gasteiger partial charge in [0.25, 0.3) is 0 Å². The van der Waals surface area contributed by atoms with Crippen LogP contribution in [0.15, 0.2) is 60.2 Å². The quantitative estimate of drug-likeness (QED) is 0.295. The van der Waals surface area contributed by atoms with Gasteiger partial charge in [-0.3, -0.25) is 4.79 Å². The minimum atomic E-state index is 0.828. The summed E-state index contributed by atoms with van der Waals surface area (Å²) < 4.78 is 0. The number of aldehydes is 1. The second kappa shape index (κ2) is 9.17. The summed E-state index contributed by atoms with van der Waals surface area (Å²) in [5.74, 6) is 0. The number of hydrogen-bond donors (Lipinski definition) is 0. The summed E-state index contributed by atoms with van der Waals surface area (Å²) in [6, 6.07) is 10.1. The lowest BCUT2D eigenvalue weighted by Crippen LogP contribution is -1.76. The minimum absolute atomic E-state index is 0.828. The topological polar surface area (TPSA) is 17.1 Å². The first-order valence-electron chi connectivity index (χ1n) is 6.42. The van der Waals surface area contributed by atoms with E-state index in [0.717, 1.165) is 23.8 Å². The first-order valence-corrected chi connectivity index (χ1v) is 6.42. The lowest BCUT2D eigenvalue weighted by molar-refractivity contribution is -0.104. The molecule has 1 nitrogen and oxygen atoms in total. The van der Waals surface area contributed by atoms with Crippen LogP contribution in [-0.4, -0.2) is 6.29 Å². The SMILES string of the molecule is CCCC/C=C/C(/C=C/c1ccccc1)=C\C=O. The maximum Gasteiger partial charge on any atom is 0.143 e. The second-order valence-electron chi connectivity index (χ2n) is 4.09. The highest BCUT2D eigenvalue weighted by atomic mass is 16.1. The van der Waals surface area contributed by atoms with Crippen LogP contribution < -0.4 is 0 Å². The van der Waals surface area contributed by atoms with E-state index >= 15 is 0 Å². The zero-order valence-corrected chi connectivity index (χ0v) is 10.9. The van der Waals surface area contributed by atoms with E-state index in [0.29, 0.717) is 0 Å². The molecule has 0 N–H and O–H groups in total. The van der Waals surface area contributed by atoms with Crippen molar-refractivity contribution in [3.05, 3.63) is 65.8 Å². The van der Waals surface area contributed by atoms with E-state index in [1.807, 2.05) is 48.6 Å². The zero-order valence-electron chi connectivity index (χ0n) is 10.9.